The molecule has 144 valence electrons. The molecule has 4 nitrogen and oxygen atoms in total. The van der Waals surface area contributed by atoms with Crippen molar-refractivity contribution in [3.63, 3.8) is 0 Å². The number of halogens is 1. The van der Waals surface area contributed by atoms with Crippen molar-refractivity contribution in [2.75, 3.05) is 0 Å². The van der Waals surface area contributed by atoms with Gasteiger partial charge in [-0.25, -0.2) is 4.98 Å². The van der Waals surface area contributed by atoms with E-state index < -0.39 is 0 Å². The van der Waals surface area contributed by atoms with Crippen molar-refractivity contribution in [1.82, 2.24) is 9.97 Å². The normalized spacial score (nSPS) is 10.7. The van der Waals surface area contributed by atoms with Gasteiger partial charge in [-0.05, 0) is 22.8 Å². The lowest BCUT2D eigenvalue weighted by Gasteiger charge is -2.11. The fraction of sp³-hybridized carbons (Fsp3) is 0.0833. The zero-order chi connectivity index (χ0) is 20.1. The molecule has 1 heterocycles. The third kappa shape index (κ3) is 4.55. The van der Waals surface area contributed by atoms with E-state index in [1.165, 1.54) is 6.20 Å². The van der Waals surface area contributed by atoms with Gasteiger partial charge < -0.3 is 9.72 Å². The van der Waals surface area contributed by atoms with Gasteiger partial charge in [0.25, 0.3) is 5.56 Å². The van der Waals surface area contributed by atoms with E-state index in [2.05, 4.69) is 9.97 Å². The van der Waals surface area contributed by atoms with Gasteiger partial charge in [0.05, 0.1) is 6.20 Å². The molecule has 0 aliphatic heterocycles. The average molecular weight is 403 g/mol. The molecule has 0 saturated heterocycles. The van der Waals surface area contributed by atoms with Crippen LogP contribution in [0, 0.1) is 0 Å². The van der Waals surface area contributed by atoms with Gasteiger partial charge >= 0.3 is 0 Å². The number of ether oxygens (including phenoxy) is 1. The Bertz CT molecular complexity index is 1170. The van der Waals surface area contributed by atoms with E-state index in [1.807, 2.05) is 78.9 Å². The van der Waals surface area contributed by atoms with Gasteiger partial charge in [0, 0.05) is 17.0 Å². The summed E-state index contributed by atoms with van der Waals surface area (Å²) in [7, 11) is 0. The number of aromatic amines is 1. The lowest BCUT2D eigenvalue weighted by atomic mass is 9.97. The zero-order valence-electron chi connectivity index (χ0n) is 15.6. The Balaban J connectivity index is 1.55. The van der Waals surface area contributed by atoms with Gasteiger partial charge in [0.1, 0.15) is 12.4 Å². The van der Waals surface area contributed by atoms with Crippen LogP contribution in [0.25, 0.3) is 11.1 Å². The minimum absolute atomic E-state index is 0.206. The average Bonchev–Trinajstić information content (AvgIpc) is 2.75. The van der Waals surface area contributed by atoms with Gasteiger partial charge in [0.2, 0.25) is 5.75 Å². The Kier molecular flexibility index (Phi) is 5.73. The summed E-state index contributed by atoms with van der Waals surface area (Å²) in [5, 5.41) is 0.686. The predicted molar refractivity (Wildman–Crippen MR) is 115 cm³/mol. The molecule has 0 bridgehead atoms. The van der Waals surface area contributed by atoms with Crippen molar-refractivity contribution in [3.8, 4) is 16.9 Å². The van der Waals surface area contributed by atoms with Gasteiger partial charge in [-0.1, -0.05) is 84.4 Å². The lowest BCUT2D eigenvalue weighted by Crippen LogP contribution is -2.15. The number of rotatable bonds is 6. The molecule has 0 amide bonds. The van der Waals surface area contributed by atoms with Crippen LogP contribution in [0.3, 0.4) is 0 Å². The maximum Gasteiger partial charge on any atom is 0.293 e. The van der Waals surface area contributed by atoms with Crippen LogP contribution in [0.4, 0.5) is 0 Å². The van der Waals surface area contributed by atoms with Crippen molar-refractivity contribution >= 4 is 11.6 Å². The summed E-state index contributed by atoms with van der Waals surface area (Å²) in [4.78, 5) is 19.6. The lowest BCUT2D eigenvalue weighted by molar-refractivity contribution is 0.300. The van der Waals surface area contributed by atoms with Gasteiger partial charge in [0.15, 0.2) is 0 Å². The highest BCUT2D eigenvalue weighted by molar-refractivity contribution is 6.33. The Labute approximate surface area is 173 Å². The highest BCUT2D eigenvalue weighted by Gasteiger charge is 2.11. The fourth-order valence-electron chi connectivity index (χ4n) is 3.15. The van der Waals surface area contributed by atoms with Crippen LogP contribution in [-0.2, 0) is 13.0 Å². The Morgan fingerprint density at radius 1 is 0.862 bits per heavy atom. The number of benzene rings is 3. The van der Waals surface area contributed by atoms with E-state index in [4.69, 9.17) is 16.3 Å². The molecule has 0 aliphatic carbocycles. The van der Waals surface area contributed by atoms with Crippen molar-refractivity contribution in [2.45, 2.75) is 13.0 Å². The smallest absolute Gasteiger partial charge is 0.293 e. The minimum Gasteiger partial charge on any atom is -0.482 e. The molecule has 0 radical (unpaired) electrons. The second-order valence-electron chi connectivity index (χ2n) is 6.61. The molecule has 0 fully saturated rings. The maximum atomic E-state index is 12.4. The van der Waals surface area contributed by atoms with Crippen molar-refractivity contribution in [3.05, 3.63) is 117 Å². The first-order valence-corrected chi connectivity index (χ1v) is 9.66. The van der Waals surface area contributed by atoms with Crippen LogP contribution >= 0.6 is 11.6 Å². The number of nitrogens with zero attached hydrogens (tertiary/aromatic N) is 1. The third-order valence-electron chi connectivity index (χ3n) is 4.60. The predicted octanol–water partition coefficient (Wildman–Crippen LogP) is 5.26. The van der Waals surface area contributed by atoms with E-state index in [1.54, 1.807) is 0 Å². The number of aromatic nitrogens is 2. The quantitative estimate of drug-likeness (QED) is 0.478. The van der Waals surface area contributed by atoms with Gasteiger partial charge in [-0.3, -0.25) is 4.79 Å². The topological polar surface area (TPSA) is 55.0 Å². The van der Waals surface area contributed by atoms with E-state index in [9.17, 15) is 4.79 Å². The molecule has 3 aromatic carbocycles. The molecule has 29 heavy (non-hydrogen) atoms. The van der Waals surface area contributed by atoms with Crippen molar-refractivity contribution in [1.29, 1.82) is 0 Å². The Hall–Kier alpha value is -3.37. The third-order valence-corrected chi connectivity index (χ3v) is 4.93. The zero-order valence-corrected chi connectivity index (χ0v) is 16.4. The Morgan fingerprint density at radius 2 is 1.55 bits per heavy atom. The summed E-state index contributed by atoms with van der Waals surface area (Å²) in [6, 6.07) is 25.4. The minimum atomic E-state index is -0.291. The SMILES string of the molecule is O=c1[nH]c(Cc2ccccc2-c2ccccc2Cl)ncc1OCc1ccccc1. The number of hydrogen-bond acceptors (Lipinski definition) is 3. The first-order valence-electron chi connectivity index (χ1n) is 9.28. The summed E-state index contributed by atoms with van der Waals surface area (Å²) in [5.41, 5.74) is 3.70. The number of nitrogens with one attached hydrogen (secondary N) is 1. The van der Waals surface area contributed by atoms with Crippen LogP contribution in [0.5, 0.6) is 5.75 Å². The molecule has 0 spiro atoms. The standard InChI is InChI=1S/C24H19ClN2O2/c25-21-13-7-6-12-20(21)19-11-5-4-10-18(19)14-23-26-15-22(24(28)27-23)29-16-17-8-2-1-3-9-17/h1-13,15H,14,16H2,(H,26,27,28). The summed E-state index contributed by atoms with van der Waals surface area (Å²) in [6.45, 7) is 0.320. The number of hydrogen-bond donors (Lipinski definition) is 1. The molecule has 4 rings (SSSR count). The molecular formula is C24H19ClN2O2. The second-order valence-corrected chi connectivity index (χ2v) is 7.02. The number of H-pyrrole nitrogens is 1. The molecule has 0 saturated carbocycles. The highest BCUT2D eigenvalue weighted by atomic mass is 35.5. The van der Waals surface area contributed by atoms with E-state index in [0.717, 1.165) is 22.3 Å². The molecule has 0 atom stereocenters. The fourth-order valence-corrected chi connectivity index (χ4v) is 3.38. The van der Waals surface area contributed by atoms with Crippen LogP contribution < -0.4 is 10.3 Å². The molecule has 0 unspecified atom stereocenters. The van der Waals surface area contributed by atoms with Crippen LogP contribution in [0.1, 0.15) is 17.0 Å². The molecule has 0 aliphatic rings. The molecule has 1 N–H and O–H groups in total. The maximum absolute atomic E-state index is 12.4. The second kappa shape index (κ2) is 8.76. The molecule has 4 aromatic rings. The van der Waals surface area contributed by atoms with Gasteiger partial charge in [-0.2, -0.15) is 0 Å². The summed E-state index contributed by atoms with van der Waals surface area (Å²) >= 11 is 6.38. The van der Waals surface area contributed by atoms with E-state index in [-0.39, 0.29) is 11.3 Å². The van der Waals surface area contributed by atoms with Crippen molar-refractivity contribution < 1.29 is 4.74 Å². The van der Waals surface area contributed by atoms with Crippen LogP contribution in [0.15, 0.2) is 89.9 Å². The molecule has 1 aromatic heterocycles. The highest BCUT2D eigenvalue weighted by Crippen LogP contribution is 2.31. The summed E-state index contributed by atoms with van der Waals surface area (Å²) in [5.74, 6) is 0.776. The van der Waals surface area contributed by atoms with Crippen molar-refractivity contribution in [2.24, 2.45) is 0 Å². The van der Waals surface area contributed by atoms with E-state index in [0.29, 0.717) is 23.9 Å². The monoisotopic (exact) mass is 402 g/mol. The molecule has 5 heteroatoms. The molecular weight excluding hydrogens is 384 g/mol. The van der Waals surface area contributed by atoms with Crippen LogP contribution in [-0.4, -0.2) is 9.97 Å². The first-order chi connectivity index (χ1) is 14.2. The van der Waals surface area contributed by atoms with E-state index >= 15 is 0 Å². The largest absolute Gasteiger partial charge is 0.482 e. The van der Waals surface area contributed by atoms with Gasteiger partial charge in [-0.15, -0.1) is 0 Å². The first kappa shape index (κ1) is 19.0. The van der Waals surface area contributed by atoms with Crippen LogP contribution in [0.2, 0.25) is 5.02 Å². The summed E-state index contributed by atoms with van der Waals surface area (Å²) < 4.78 is 5.61. The summed E-state index contributed by atoms with van der Waals surface area (Å²) in [6.07, 6.45) is 1.96. The Morgan fingerprint density at radius 3 is 2.31 bits per heavy atom.